The Morgan fingerprint density at radius 3 is 2.55 bits per heavy atom. The molecule has 9 heteroatoms. The summed E-state index contributed by atoms with van der Waals surface area (Å²) in [7, 11) is -3.19. The van der Waals surface area contributed by atoms with Gasteiger partial charge < -0.3 is 14.2 Å². The van der Waals surface area contributed by atoms with Gasteiger partial charge in [-0.25, -0.2) is 13.2 Å². The van der Waals surface area contributed by atoms with E-state index in [1.54, 1.807) is 37.3 Å². The number of rotatable bonds is 6. The van der Waals surface area contributed by atoms with Crippen molar-refractivity contribution in [3.05, 3.63) is 47.3 Å². The highest BCUT2D eigenvalue weighted by atomic mass is 32.2. The van der Waals surface area contributed by atoms with Crippen molar-refractivity contribution in [2.75, 3.05) is 23.0 Å². The van der Waals surface area contributed by atoms with Gasteiger partial charge in [-0.2, -0.15) is 0 Å². The third-order valence-corrected chi connectivity index (χ3v) is 6.57. The molecule has 8 nitrogen and oxygen atoms in total. The van der Waals surface area contributed by atoms with Crippen molar-refractivity contribution in [2.24, 2.45) is 0 Å². The van der Waals surface area contributed by atoms with Gasteiger partial charge in [-0.3, -0.25) is 4.79 Å². The van der Waals surface area contributed by atoms with Crippen molar-refractivity contribution in [2.45, 2.75) is 39.2 Å². The van der Waals surface area contributed by atoms with E-state index in [4.69, 9.17) is 9.26 Å². The smallest absolute Gasteiger partial charge is 0.344 e. The molecule has 1 saturated heterocycles. The van der Waals surface area contributed by atoms with E-state index in [1.165, 1.54) is 4.90 Å². The van der Waals surface area contributed by atoms with Crippen LogP contribution in [0.4, 0.5) is 5.69 Å². The number of anilines is 1. The maximum Gasteiger partial charge on any atom is 0.344 e. The van der Waals surface area contributed by atoms with E-state index in [2.05, 4.69) is 5.16 Å². The summed E-state index contributed by atoms with van der Waals surface area (Å²) in [5.74, 6) is -0.907. The third-order valence-electron chi connectivity index (χ3n) is 4.82. The zero-order valence-electron chi connectivity index (χ0n) is 16.6. The lowest BCUT2D eigenvalue weighted by molar-refractivity contribution is -0.122. The van der Waals surface area contributed by atoms with Crippen LogP contribution in [-0.2, 0) is 19.4 Å². The molecule has 1 aromatic carbocycles. The monoisotopic (exact) mass is 420 g/mol. The van der Waals surface area contributed by atoms with E-state index in [0.717, 1.165) is 0 Å². The molecule has 1 aromatic heterocycles. The summed E-state index contributed by atoms with van der Waals surface area (Å²) in [5.41, 5.74) is 1.19. The quantitative estimate of drug-likeness (QED) is 0.661. The Morgan fingerprint density at radius 1 is 1.28 bits per heavy atom. The van der Waals surface area contributed by atoms with E-state index >= 15 is 0 Å². The number of carbonyl (C=O) groups is 2. The number of ether oxygens (including phenoxy) is 1. The van der Waals surface area contributed by atoms with E-state index in [-0.39, 0.29) is 23.0 Å². The molecular formula is C20H24N2O6S. The number of aromatic nitrogens is 1. The first kappa shape index (κ1) is 21.0. The van der Waals surface area contributed by atoms with Gasteiger partial charge in [0.05, 0.1) is 23.2 Å². The number of para-hydroxylation sites is 1. The maximum absolute atomic E-state index is 12.9. The van der Waals surface area contributed by atoms with Gasteiger partial charge >= 0.3 is 5.97 Å². The molecule has 156 valence electrons. The zero-order chi connectivity index (χ0) is 21.2. The third kappa shape index (κ3) is 4.67. The molecular weight excluding hydrogens is 396 g/mol. The lowest BCUT2D eigenvalue weighted by Crippen LogP contribution is -2.43. The Balaban J connectivity index is 1.77. The molecule has 29 heavy (non-hydrogen) atoms. The summed E-state index contributed by atoms with van der Waals surface area (Å²) in [4.78, 5) is 26.9. The zero-order valence-corrected chi connectivity index (χ0v) is 17.4. The first-order valence-corrected chi connectivity index (χ1v) is 11.2. The summed E-state index contributed by atoms with van der Waals surface area (Å²) in [5, 5.41) is 3.81. The first-order chi connectivity index (χ1) is 13.7. The molecule has 2 aromatic rings. The fraction of sp³-hybridized carbons (Fsp3) is 0.450. The van der Waals surface area contributed by atoms with Crippen molar-refractivity contribution >= 4 is 27.4 Å². The van der Waals surface area contributed by atoms with Gasteiger partial charge in [0.1, 0.15) is 5.56 Å². The van der Waals surface area contributed by atoms with Crippen molar-refractivity contribution in [3.8, 4) is 0 Å². The Morgan fingerprint density at radius 2 is 1.97 bits per heavy atom. The number of benzene rings is 1. The first-order valence-electron chi connectivity index (χ1n) is 9.40. The number of hydrogen-bond donors (Lipinski definition) is 0. The molecule has 1 aliphatic rings. The second-order valence-electron chi connectivity index (χ2n) is 7.39. The highest BCUT2D eigenvalue weighted by molar-refractivity contribution is 7.91. The van der Waals surface area contributed by atoms with Crippen LogP contribution in [0.25, 0.3) is 0 Å². The van der Waals surface area contributed by atoms with Gasteiger partial charge in [-0.05, 0) is 25.5 Å². The SMILES string of the molecule is Cc1noc(C(C)C)c1C(=O)OCC(=O)N(c1ccccc1)[C@@H]1CCS(=O)(=O)C1. The van der Waals surface area contributed by atoms with Crippen molar-refractivity contribution < 1.29 is 27.3 Å². The predicted octanol–water partition coefficient (Wildman–Crippen LogP) is 2.48. The minimum Gasteiger partial charge on any atom is -0.452 e. The van der Waals surface area contributed by atoms with Crippen LogP contribution >= 0.6 is 0 Å². The number of nitrogens with zero attached hydrogens (tertiary/aromatic N) is 2. The Labute approximate surface area is 169 Å². The number of aryl methyl sites for hydroxylation is 1. The fourth-order valence-corrected chi connectivity index (χ4v) is 5.12. The molecule has 0 saturated carbocycles. The van der Waals surface area contributed by atoms with Crippen LogP contribution in [0.15, 0.2) is 34.9 Å². The number of carbonyl (C=O) groups excluding carboxylic acids is 2. The molecule has 0 bridgehead atoms. The lowest BCUT2D eigenvalue weighted by atomic mass is 10.1. The van der Waals surface area contributed by atoms with Crippen molar-refractivity contribution in [3.63, 3.8) is 0 Å². The van der Waals surface area contributed by atoms with Crippen LogP contribution < -0.4 is 4.90 Å². The second-order valence-corrected chi connectivity index (χ2v) is 9.62. The number of hydrogen-bond acceptors (Lipinski definition) is 7. The molecule has 3 rings (SSSR count). The Hall–Kier alpha value is -2.68. The average Bonchev–Trinajstić information content (AvgIpc) is 3.23. The van der Waals surface area contributed by atoms with Gasteiger partial charge in [-0.1, -0.05) is 37.2 Å². The van der Waals surface area contributed by atoms with Crippen LogP contribution in [0.1, 0.15) is 48.0 Å². The van der Waals surface area contributed by atoms with E-state index in [0.29, 0.717) is 23.6 Å². The summed E-state index contributed by atoms with van der Waals surface area (Å²) >= 11 is 0. The van der Waals surface area contributed by atoms with Crippen LogP contribution in [0.2, 0.25) is 0 Å². The van der Waals surface area contributed by atoms with E-state index in [1.807, 2.05) is 13.8 Å². The number of sulfone groups is 1. The molecule has 0 N–H and O–H groups in total. The van der Waals surface area contributed by atoms with Crippen LogP contribution in [0.5, 0.6) is 0 Å². The van der Waals surface area contributed by atoms with Crippen molar-refractivity contribution in [1.29, 1.82) is 0 Å². The summed E-state index contributed by atoms with van der Waals surface area (Å²) in [6.07, 6.45) is 0.346. The van der Waals surface area contributed by atoms with E-state index < -0.39 is 34.4 Å². The minimum atomic E-state index is -3.19. The van der Waals surface area contributed by atoms with Crippen LogP contribution in [0.3, 0.4) is 0 Å². The molecule has 2 heterocycles. The summed E-state index contributed by atoms with van der Waals surface area (Å²) < 4.78 is 34.3. The topological polar surface area (TPSA) is 107 Å². The van der Waals surface area contributed by atoms with Crippen LogP contribution in [0, 0.1) is 6.92 Å². The van der Waals surface area contributed by atoms with Gasteiger partial charge in [-0.15, -0.1) is 0 Å². The lowest BCUT2D eigenvalue weighted by Gasteiger charge is -2.28. The predicted molar refractivity (Wildman–Crippen MR) is 107 cm³/mol. The average molecular weight is 420 g/mol. The fourth-order valence-electron chi connectivity index (χ4n) is 3.42. The summed E-state index contributed by atoms with van der Waals surface area (Å²) in [6, 6.07) is 8.30. The van der Waals surface area contributed by atoms with Gasteiger partial charge in [0.25, 0.3) is 5.91 Å². The van der Waals surface area contributed by atoms with Crippen molar-refractivity contribution in [1.82, 2.24) is 5.16 Å². The second kappa shape index (κ2) is 8.36. The standard InChI is InChI=1S/C20H24N2O6S/c1-13(2)19-18(14(3)21-28-19)20(24)27-11-17(23)22(15-7-5-4-6-8-15)16-9-10-29(25,26)12-16/h4-8,13,16H,9-12H2,1-3H3/t16-/m1/s1. The van der Waals surface area contributed by atoms with Crippen LogP contribution in [-0.4, -0.2) is 49.6 Å². The van der Waals surface area contributed by atoms with Gasteiger partial charge in [0, 0.05) is 11.6 Å². The molecule has 1 atom stereocenters. The minimum absolute atomic E-state index is 0.0334. The summed E-state index contributed by atoms with van der Waals surface area (Å²) in [6.45, 7) is 4.85. The largest absolute Gasteiger partial charge is 0.452 e. The van der Waals surface area contributed by atoms with Gasteiger partial charge in [0.2, 0.25) is 0 Å². The number of esters is 1. The number of amides is 1. The highest BCUT2D eigenvalue weighted by Gasteiger charge is 2.36. The molecule has 0 spiro atoms. The normalized spacial score (nSPS) is 18.0. The molecule has 1 amide bonds. The molecule has 1 aliphatic heterocycles. The maximum atomic E-state index is 12.9. The Bertz CT molecular complexity index is 997. The Kier molecular flexibility index (Phi) is 6.07. The molecule has 0 radical (unpaired) electrons. The highest BCUT2D eigenvalue weighted by Crippen LogP contribution is 2.26. The molecule has 0 aliphatic carbocycles. The molecule has 1 fully saturated rings. The molecule has 0 unspecified atom stereocenters. The van der Waals surface area contributed by atoms with E-state index in [9.17, 15) is 18.0 Å². The van der Waals surface area contributed by atoms with Gasteiger partial charge in [0.15, 0.2) is 22.2 Å².